The van der Waals surface area contributed by atoms with Crippen molar-refractivity contribution >= 4 is 23.2 Å². The van der Waals surface area contributed by atoms with Crippen molar-refractivity contribution in [2.24, 2.45) is 0 Å². The van der Waals surface area contributed by atoms with Crippen LogP contribution in [0.4, 0.5) is 0 Å². The molecule has 6 nitrogen and oxygen atoms in total. The van der Waals surface area contributed by atoms with Crippen LogP contribution in [0.2, 0.25) is 0 Å². The van der Waals surface area contributed by atoms with Gasteiger partial charge in [0.2, 0.25) is 0 Å². The normalized spacial score (nSPS) is 14.1. The number of rotatable bonds is 4. The Hall–Kier alpha value is -2.54. The van der Waals surface area contributed by atoms with Gasteiger partial charge in [-0.15, -0.1) is 11.3 Å². The molecule has 23 heavy (non-hydrogen) atoms. The fourth-order valence-electron chi connectivity index (χ4n) is 2.26. The first kappa shape index (κ1) is 15.4. The highest BCUT2D eigenvalue weighted by molar-refractivity contribution is 7.15. The number of carboxylic acid groups (broad SMARTS) is 1. The Labute approximate surface area is 136 Å². The van der Waals surface area contributed by atoms with Crippen molar-refractivity contribution in [3.8, 4) is 11.5 Å². The van der Waals surface area contributed by atoms with Gasteiger partial charge in [-0.2, -0.15) is 0 Å². The van der Waals surface area contributed by atoms with Gasteiger partial charge < -0.3 is 19.9 Å². The molecule has 120 valence electrons. The number of hydrogen-bond acceptors (Lipinski definition) is 5. The minimum atomic E-state index is -1.03. The van der Waals surface area contributed by atoms with Crippen LogP contribution in [0.1, 0.15) is 37.9 Å². The zero-order chi connectivity index (χ0) is 16.4. The number of ether oxygens (including phenoxy) is 2. The molecule has 0 spiro atoms. The van der Waals surface area contributed by atoms with Crippen LogP contribution >= 0.6 is 11.3 Å². The first-order valence-electron chi connectivity index (χ1n) is 7.08. The number of aromatic carboxylic acids is 1. The van der Waals surface area contributed by atoms with Gasteiger partial charge in [0.1, 0.15) is 18.1 Å². The quantitative estimate of drug-likeness (QED) is 0.898. The van der Waals surface area contributed by atoms with Gasteiger partial charge in [0.15, 0.2) is 11.5 Å². The average molecular weight is 333 g/mol. The Balaban J connectivity index is 1.71. The van der Waals surface area contributed by atoms with E-state index in [1.807, 2.05) is 25.1 Å². The summed E-state index contributed by atoms with van der Waals surface area (Å²) in [5.41, 5.74) is 0.887. The first-order valence-corrected chi connectivity index (χ1v) is 7.90. The molecule has 0 aliphatic carbocycles. The Morgan fingerprint density at radius 3 is 2.52 bits per heavy atom. The van der Waals surface area contributed by atoms with E-state index in [0.717, 1.165) is 16.9 Å². The molecule has 1 aliphatic rings. The molecule has 1 aromatic heterocycles. The van der Waals surface area contributed by atoms with Crippen molar-refractivity contribution in [1.82, 2.24) is 5.32 Å². The molecule has 2 heterocycles. The fourth-order valence-corrected chi connectivity index (χ4v) is 3.00. The summed E-state index contributed by atoms with van der Waals surface area (Å²) in [6.45, 7) is 2.89. The number of benzene rings is 1. The van der Waals surface area contributed by atoms with Crippen LogP contribution < -0.4 is 14.8 Å². The molecule has 3 rings (SSSR count). The van der Waals surface area contributed by atoms with E-state index in [2.05, 4.69) is 5.32 Å². The molecule has 1 aromatic carbocycles. The zero-order valence-corrected chi connectivity index (χ0v) is 13.2. The van der Waals surface area contributed by atoms with E-state index >= 15 is 0 Å². The molecule has 0 saturated carbocycles. The molecule has 0 bridgehead atoms. The number of carboxylic acids is 1. The third-order valence-electron chi connectivity index (χ3n) is 3.45. The molecule has 2 aromatic rings. The van der Waals surface area contributed by atoms with Crippen LogP contribution in [-0.2, 0) is 0 Å². The Kier molecular flexibility index (Phi) is 4.20. The van der Waals surface area contributed by atoms with Gasteiger partial charge in [0.05, 0.1) is 10.9 Å². The van der Waals surface area contributed by atoms with Crippen LogP contribution in [-0.4, -0.2) is 30.2 Å². The number of nitrogens with one attached hydrogen (secondary N) is 1. The Morgan fingerprint density at radius 2 is 1.83 bits per heavy atom. The second-order valence-corrected chi connectivity index (χ2v) is 6.15. The third kappa shape index (κ3) is 3.29. The summed E-state index contributed by atoms with van der Waals surface area (Å²) in [6.07, 6.45) is 0. The summed E-state index contributed by atoms with van der Waals surface area (Å²) in [6, 6.07) is 8.23. The number of carbonyl (C=O) groups is 2. The standard InChI is InChI=1S/C16H15NO5S/c1-9(10-2-3-11-12(8-10)22-7-6-21-11)17-15(18)13-4-5-14(23-13)16(19)20/h2-5,8-9H,6-7H2,1H3,(H,17,18)(H,19,20). The van der Waals surface area contributed by atoms with Gasteiger partial charge >= 0.3 is 5.97 Å². The Morgan fingerprint density at radius 1 is 1.13 bits per heavy atom. The third-order valence-corrected chi connectivity index (χ3v) is 4.53. The summed E-state index contributed by atoms with van der Waals surface area (Å²) in [5.74, 6) is 0.0286. The second-order valence-electron chi connectivity index (χ2n) is 5.07. The van der Waals surface area contributed by atoms with Crippen LogP contribution in [0.3, 0.4) is 0 Å². The smallest absolute Gasteiger partial charge is 0.345 e. The molecule has 2 N–H and O–H groups in total. The van der Waals surface area contributed by atoms with Crippen molar-refractivity contribution in [3.05, 3.63) is 45.6 Å². The van der Waals surface area contributed by atoms with Gasteiger partial charge in [0.25, 0.3) is 5.91 Å². The SMILES string of the molecule is CC(NC(=O)c1ccc(C(=O)O)s1)c1ccc2c(c1)OCCO2. The number of carbonyl (C=O) groups excluding carboxylic acids is 1. The average Bonchev–Trinajstić information content (AvgIpc) is 3.04. The predicted octanol–water partition coefficient (Wildman–Crippen LogP) is 2.71. The van der Waals surface area contributed by atoms with Crippen LogP contribution in [0.25, 0.3) is 0 Å². The topological polar surface area (TPSA) is 84.9 Å². The maximum Gasteiger partial charge on any atom is 0.345 e. The van der Waals surface area contributed by atoms with Gasteiger partial charge in [0, 0.05) is 0 Å². The highest BCUT2D eigenvalue weighted by Gasteiger charge is 2.18. The lowest BCUT2D eigenvalue weighted by Crippen LogP contribution is -2.26. The lowest BCUT2D eigenvalue weighted by atomic mass is 10.1. The largest absolute Gasteiger partial charge is 0.486 e. The van der Waals surface area contributed by atoms with E-state index in [-0.39, 0.29) is 16.8 Å². The lowest BCUT2D eigenvalue weighted by molar-refractivity contribution is 0.0702. The maximum absolute atomic E-state index is 12.2. The van der Waals surface area contributed by atoms with Crippen molar-refractivity contribution in [1.29, 1.82) is 0 Å². The number of fused-ring (bicyclic) bond motifs is 1. The van der Waals surface area contributed by atoms with E-state index in [1.165, 1.54) is 12.1 Å². The summed E-state index contributed by atoms with van der Waals surface area (Å²) >= 11 is 0.953. The van der Waals surface area contributed by atoms with Crippen LogP contribution in [0, 0.1) is 0 Å². The van der Waals surface area contributed by atoms with E-state index in [9.17, 15) is 9.59 Å². The van der Waals surface area contributed by atoms with E-state index < -0.39 is 5.97 Å². The molecular weight excluding hydrogens is 318 g/mol. The predicted molar refractivity (Wildman–Crippen MR) is 84.6 cm³/mol. The number of amides is 1. The zero-order valence-electron chi connectivity index (χ0n) is 12.4. The summed E-state index contributed by atoms with van der Waals surface area (Å²) in [4.78, 5) is 23.6. The van der Waals surface area contributed by atoms with Gasteiger partial charge in [-0.25, -0.2) is 4.79 Å². The summed E-state index contributed by atoms with van der Waals surface area (Å²) < 4.78 is 11.0. The fraction of sp³-hybridized carbons (Fsp3) is 0.250. The molecule has 0 radical (unpaired) electrons. The summed E-state index contributed by atoms with van der Waals surface area (Å²) in [5, 5.41) is 11.8. The monoisotopic (exact) mass is 333 g/mol. The van der Waals surface area contributed by atoms with Crippen molar-refractivity contribution in [3.63, 3.8) is 0 Å². The summed E-state index contributed by atoms with van der Waals surface area (Å²) in [7, 11) is 0. The highest BCUT2D eigenvalue weighted by atomic mass is 32.1. The minimum absolute atomic E-state index is 0.141. The first-order chi connectivity index (χ1) is 11.0. The molecule has 1 unspecified atom stereocenters. The number of thiophene rings is 1. The molecule has 0 fully saturated rings. The molecule has 1 aliphatic heterocycles. The van der Waals surface area contributed by atoms with Gasteiger partial charge in [-0.1, -0.05) is 6.07 Å². The molecular formula is C16H15NO5S. The highest BCUT2D eigenvalue weighted by Crippen LogP contribution is 2.32. The van der Waals surface area contributed by atoms with Crippen molar-refractivity contribution in [2.75, 3.05) is 13.2 Å². The van der Waals surface area contributed by atoms with Crippen molar-refractivity contribution in [2.45, 2.75) is 13.0 Å². The Bertz CT molecular complexity index is 755. The van der Waals surface area contributed by atoms with Crippen LogP contribution in [0.15, 0.2) is 30.3 Å². The lowest BCUT2D eigenvalue weighted by Gasteiger charge is -2.21. The molecule has 7 heteroatoms. The number of hydrogen-bond donors (Lipinski definition) is 2. The molecule has 1 atom stereocenters. The second kappa shape index (κ2) is 6.29. The maximum atomic E-state index is 12.2. The van der Waals surface area contributed by atoms with E-state index in [0.29, 0.717) is 29.6 Å². The van der Waals surface area contributed by atoms with Gasteiger partial charge in [-0.05, 0) is 36.8 Å². The van der Waals surface area contributed by atoms with Crippen molar-refractivity contribution < 1.29 is 24.2 Å². The molecule has 0 saturated heterocycles. The van der Waals surface area contributed by atoms with Crippen LogP contribution in [0.5, 0.6) is 11.5 Å². The van der Waals surface area contributed by atoms with Gasteiger partial charge in [-0.3, -0.25) is 4.79 Å². The van der Waals surface area contributed by atoms with E-state index in [4.69, 9.17) is 14.6 Å². The minimum Gasteiger partial charge on any atom is -0.486 e. The molecule has 1 amide bonds. The van der Waals surface area contributed by atoms with E-state index in [1.54, 1.807) is 0 Å².